The smallest absolute Gasteiger partial charge is 0.267 e. The highest BCUT2D eigenvalue weighted by Gasteiger charge is 2.32. The standard InChI is InChI=1S/C30H32N2O3S2/c1-5-35-22-14-12-21(13-15-22)32-28(34)26-23-16-11-20(30(2,3)4)17-25(23)37-27(26)31-29(32)36-18-24(33)19-9-7-6-8-10-19/h6-10,12-15,20H,5,11,16-18H2,1-4H3. The number of thiophene rings is 1. The highest BCUT2D eigenvalue weighted by Crippen LogP contribution is 2.42. The van der Waals surface area contributed by atoms with Gasteiger partial charge in [-0.15, -0.1) is 11.3 Å². The van der Waals surface area contributed by atoms with Crippen molar-refractivity contribution in [1.82, 2.24) is 9.55 Å². The Kier molecular flexibility index (Phi) is 7.28. The van der Waals surface area contributed by atoms with Gasteiger partial charge in [-0.2, -0.15) is 0 Å². The van der Waals surface area contributed by atoms with E-state index < -0.39 is 0 Å². The largest absolute Gasteiger partial charge is 0.494 e. The number of fused-ring (bicyclic) bond motifs is 3. The van der Waals surface area contributed by atoms with Crippen molar-refractivity contribution >= 4 is 39.1 Å². The van der Waals surface area contributed by atoms with Crippen molar-refractivity contribution in [2.24, 2.45) is 11.3 Å². The number of benzene rings is 2. The third-order valence-corrected chi connectivity index (χ3v) is 9.20. The number of aromatic nitrogens is 2. The second-order valence-corrected chi connectivity index (χ2v) is 12.6. The van der Waals surface area contributed by atoms with E-state index in [-0.39, 0.29) is 22.5 Å². The lowest BCUT2D eigenvalue weighted by molar-refractivity contribution is 0.102. The first-order chi connectivity index (χ1) is 17.8. The molecular formula is C30H32N2O3S2. The Morgan fingerprint density at radius 1 is 1.14 bits per heavy atom. The van der Waals surface area contributed by atoms with Crippen molar-refractivity contribution < 1.29 is 9.53 Å². The number of ketones is 1. The van der Waals surface area contributed by atoms with Crippen molar-refractivity contribution in [2.75, 3.05) is 12.4 Å². The molecule has 1 unspecified atom stereocenters. The topological polar surface area (TPSA) is 61.2 Å². The Labute approximate surface area is 225 Å². The molecule has 4 aromatic rings. The minimum atomic E-state index is -0.0597. The monoisotopic (exact) mass is 532 g/mol. The maximum absolute atomic E-state index is 14.1. The summed E-state index contributed by atoms with van der Waals surface area (Å²) in [4.78, 5) is 34.0. The normalized spacial score (nSPS) is 15.5. The minimum absolute atomic E-state index is 0.0108. The summed E-state index contributed by atoms with van der Waals surface area (Å²) in [5, 5.41) is 1.27. The second kappa shape index (κ2) is 10.5. The van der Waals surface area contributed by atoms with Crippen LogP contribution in [0.3, 0.4) is 0 Å². The van der Waals surface area contributed by atoms with Gasteiger partial charge in [0, 0.05) is 10.4 Å². The van der Waals surface area contributed by atoms with Crippen LogP contribution in [0.4, 0.5) is 0 Å². The molecule has 2 aromatic heterocycles. The fourth-order valence-electron chi connectivity index (χ4n) is 4.97. The van der Waals surface area contributed by atoms with Crippen molar-refractivity contribution in [3.8, 4) is 11.4 Å². The number of carbonyl (C=O) groups excluding carboxylic acids is 1. The minimum Gasteiger partial charge on any atom is -0.494 e. The molecular weight excluding hydrogens is 500 g/mol. The molecule has 2 heterocycles. The number of nitrogens with zero attached hydrogens (tertiary/aromatic N) is 2. The molecule has 5 nitrogen and oxygen atoms in total. The van der Waals surface area contributed by atoms with Crippen molar-refractivity contribution in [3.05, 3.63) is 81.0 Å². The van der Waals surface area contributed by atoms with Gasteiger partial charge in [-0.25, -0.2) is 4.98 Å². The molecule has 0 spiro atoms. The molecule has 0 bridgehead atoms. The van der Waals surface area contributed by atoms with E-state index in [1.165, 1.54) is 16.6 Å². The van der Waals surface area contributed by atoms with Gasteiger partial charge in [0.15, 0.2) is 10.9 Å². The number of hydrogen-bond acceptors (Lipinski definition) is 6. The van der Waals surface area contributed by atoms with Crippen LogP contribution >= 0.6 is 23.1 Å². The van der Waals surface area contributed by atoms with Gasteiger partial charge in [-0.05, 0) is 67.3 Å². The third-order valence-electron chi connectivity index (χ3n) is 7.11. The molecule has 0 radical (unpaired) electrons. The molecule has 7 heteroatoms. The predicted octanol–water partition coefficient (Wildman–Crippen LogP) is 6.97. The average molecular weight is 533 g/mol. The number of ether oxygens (including phenoxy) is 1. The highest BCUT2D eigenvalue weighted by molar-refractivity contribution is 7.99. The Bertz CT molecular complexity index is 1480. The molecule has 0 fully saturated rings. The van der Waals surface area contributed by atoms with Crippen LogP contribution in [0.5, 0.6) is 5.75 Å². The fourth-order valence-corrected chi connectivity index (χ4v) is 7.21. The van der Waals surface area contributed by atoms with E-state index in [9.17, 15) is 9.59 Å². The first kappa shape index (κ1) is 25.7. The van der Waals surface area contributed by atoms with Gasteiger partial charge in [0.1, 0.15) is 10.6 Å². The summed E-state index contributed by atoms with van der Waals surface area (Å²) in [6.45, 7) is 9.41. The van der Waals surface area contributed by atoms with Gasteiger partial charge < -0.3 is 4.74 Å². The predicted molar refractivity (Wildman–Crippen MR) is 153 cm³/mol. The number of aryl methyl sites for hydroxylation is 1. The van der Waals surface area contributed by atoms with Crippen LogP contribution in [0, 0.1) is 11.3 Å². The van der Waals surface area contributed by atoms with Gasteiger partial charge in [-0.1, -0.05) is 62.9 Å². The van der Waals surface area contributed by atoms with Crippen LogP contribution in [-0.2, 0) is 12.8 Å². The van der Waals surface area contributed by atoms with Gasteiger partial charge in [-0.3, -0.25) is 14.2 Å². The van der Waals surface area contributed by atoms with Crippen molar-refractivity contribution in [3.63, 3.8) is 0 Å². The van der Waals surface area contributed by atoms with Crippen molar-refractivity contribution in [1.29, 1.82) is 0 Å². The number of thioether (sulfide) groups is 1. The van der Waals surface area contributed by atoms with E-state index in [1.54, 1.807) is 15.9 Å². The summed E-state index contributed by atoms with van der Waals surface area (Å²) in [7, 11) is 0. The first-order valence-electron chi connectivity index (χ1n) is 12.8. The zero-order valence-electron chi connectivity index (χ0n) is 21.7. The summed E-state index contributed by atoms with van der Waals surface area (Å²) in [6.07, 6.45) is 2.96. The van der Waals surface area contributed by atoms with E-state index >= 15 is 0 Å². The van der Waals surface area contributed by atoms with Crippen LogP contribution in [0.15, 0.2) is 64.5 Å². The maximum Gasteiger partial charge on any atom is 0.267 e. The maximum atomic E-state index is 14.1. The highest BCUT2D eigenvalue weighted by atomic mass is 32.2. The fraction of sp³-hybridized carbons (Fsp3) is 0.367. The first-order valence-corrected chi connectivity index (χ1v) is 14.6. The zero-order chi connectivity index (χ0) is 26.2. The lowest BCUT2D eigenvalue weighted by Crippen LogP contribution is -2.27. The van der Waals surface area contributed by atoms with E-state index in [0.717, 1.165) is 46.5 Å². The Balaban J connectivity index is 1.58. The molecule has 5 rings (SSSR count). The number of Topliss-reactive ketones (excluding diaryl/α,β-unsaturated/α-hetero) is 1. The van der Waals surface area contributed by atoms with Gasteiger partial charge in [0.2, 0.25) is 0 Å². The summed E-state index contributed by atoms with van der Waals surface area (Å²) in [6, 6.07) is 16.8. The number of rotatable bonds is 7. The van der Waals surface area contributed by atoms with Crippen LogP contribution < -0.4 is 10.3 Å². The average Bonchev–Trinajstić information content (AvgIpc) is 3.26. The van der Waals surface area contributed by atoms with E-state index in [0.29, 0.717) is 23.2 Å². The molecule has 192 valence electrons. The Morgan fingerprint density at radius 3 is 2.54 bits per heavy atom. The number of hydrogen-bond donors (Lipinski definition) is 0. The van der Waals surface area contributed by atoms with Crippen LogP contribution in [0.1, 0.15) is 54.9 Å². The SMILES string of the molecule is CCOc1ccc(-n2c(SCC(=O)c3ccccc3)nc3sc4c(c3c2=O)CCC(C(C)(C)C)C4)cc1. The van der Waals surface area contributed by atoms with Gasteiger partial charge >= 0.3 is 0 Å². The Morgan fingerprint density at radius 2 is 1.86 bits per heavy atom. The van der Waals surface area contributed by atoms with Crippen LogP contribution in [0.2, 0.25) is 0 Å². The van der Waals surface area contributed by atoms with E-state index in [4.69, 9.17) is 9.72 Å². The van der Waals surface area contributed by atoms with Crippen LogP contribution in [-0.4, -0.2) is 27.7 Å². The molecule has 0 saturated heterocycles. The molecule has 37 heavy (non-hydrogen) atoms. The summed E-state index contributed by atoms with van der Waals surface area (Å²) in [5.74, 6) is 1.55. The van der Waals surface area contributed by atoms with Gasteiger partial charge in [0.05, 0.1) is 23.4 Å². The summed E-state index contributed by atoms with van der Waals surface area (Å²) >= 11 is 2.97. The molecule has 2 aromatic carbocycles. The second-order valence-electron chi connectivity index (χ2n) is 10.5. The van der Waals surface area contributed by atoms with Gasteiger partial charge in [0.25, 0.3) is 5.56 Å². The molecule has 0 saturated carbocycles. The van der Waals surface area contributed by atoms with E-state index in [2.05, 4.69) is 20.8 Å². The molecule has 1 aliphatic carbocycles. The molecule has 0 amide bonds. The van der Waals surface area contributed by atoms with Crippen molar-refractivity contribution in [2.45, 2.75) is 52.1 Å². The molecule has 0 N–H and O–H groups in total. The Hall–Kier alpha value is -2.90. The quantitative estimate of drug-likeness (QED) is 0.146. The lowest BCUT2D eigenvalue weighted by Gasteiger charge is -2.33. The molecule has 0 aliphatic heterocycles. The third kappa shape index (κ3) is 5.25. The molecule has 1 atom stereocenters. The molecule has 1 aliphatic rings. The number of carbonyl (C=O) groups is 1. The summed E-state index contributed by atoms with van der Waals surface area (Å²) < 4.78 is 7.27. The lowest BCUT2D eigenvalue weighted by atomic mass is 9.72. The van der Waals surface area contributed by atoms with E-state index in [1.807, 2.05) is 61.5 Å². The zero-order valence-corrected chi connectivity index (χ0v) is 23.4. The van der Waals surface area contributed by atoms with Crippen LogP contribution in [0.25, 0.3) is 15.9 Å². The summed E-state index contributed by atoms with van der Waals surface area (Å²) in [5.41, 5.74) is 2.71.